The predicted molar refractivity (Wildman–Crippen MR) is 64.0 cm³/mol. The van der Waals surface area contributed by atoms with E-state index in [1.807, 2.05) is 6.92 Å². The summed E-state index contributed by atoms with van der Waals surface area (Å²) in [6.07, 6.45) is 0.798. The summed E-state index contributed by atoms with van der Waals surface area (Å²) in [6, 6.07) is 3.28. The van der Waals surface area contributed by atoms with Gasteiger partial charge in [0, 0.05) is 5.88 Å². The fourth-order valence-electron chi connectivity index (χ4n) is 1.39. The van der Waals surface area contributed by atoms with E-state index in [1.165, 1.54) is 6.07 Å². The van der Waals surface area contributed by atoms with Crippen LogP contribution in [0.15, 0.2) is 12.1 Å². The number of hydrogen-bond acceptors (Lipinski definition) is 2. The second-order valence-corrected chi connectivity index (χ2v) is 3.22. The summed E-state index contributed by atoms with van der Waals surface area (Å²) in [4.78, 5) is 10.8. The summed E-state index contributed by atoms with van der Waals surface area (Å²) >= 11 is 5.72. The lowest BCUT2D eigenvalue weighted by Gasteiger charge is -2.10. The van der Waals surface area contributed by atoms with E-state index in [-0.39, 0.29) is 29.5 Å². The minimum absolute atomic E-state index is 0. The van der Waals surface area contributed by atoms with Gasteiger partial charge in [-0.25, -0.2) is 4.79 Å². The maximum absolute atomic E-state index is 10.8. The van der Waals surface area contributed by atoms with Crippen molar-refractivity contribution in [3.05, 3.63) is 28.8 Å². The lowest BCUT2D eigenvalue weighted by atomic mass is 10.0. The highest BCUT2D eigenvalue weighted by Gasteiger charge is 2.13. The molecule has 0 amide bonds. The van der Waals surface area contributed by atoms with Gasteiger partial charge in [-0.2, -0.15) is 0 Å². The normalized spacial score (nSPS) is 9.47. The molecule has 0 unspecified atom stereocenters. The Labute approximate surface area is 99.6 Å². The molecule has 1 rings (SSSR count). The summed E-state index contributed by atoms with van der Waals surface area (Å²) in [7, 11) is 0. The smallest absolute Gasteiger partial charge is 0.337 e. The Morgan fingerprint density at radius 3 is 2.53 bits per heavy atom. The molecular weight excluding hydrogens is 237 g/mol. The molecule has 3 N–H and O–H groups in total. The molecule has 0 spiro atoms. The van der Waals surface area contributed by atoms with Gasteiger partial charge < -0.3 is 10.8 Å². The van der Waals surface area contributed by atoms with Crippen LogP contribution in [0, 0.1) is 0 Å². The van der Waals surface area contributed by atoms with Crippen molar-refractivity contribution in [2.24, 2.45) is 0 Å². The first-order valence-electron chi connectivity index (χ1n) is 4.31. The van der Waals surface area contributed by atoms with Gasteiger partial charge in [-0.1, -0.05) is 13.0 Å². The number of carbonyl (C=O) groups is 1. The van der Waals surface area contributed by atoms with Gasteiger partial charge in [0.05, 0.1) is 11.3 Å². The van der Waals surface area contributed by atoms with E-state index in [0.29, 0.717) is 0 Å². The van der Waals surface area contributed by atoms with E-state index in [2.05, 4.69) is 0 Å². The zero-order valence-corrected chi connectivity index (χ0v) is 9.86. The summed E-state index contributed by atoms with van der Waals surface area (Å²) in [5.41, 5.74) is 7.85. The van der Waals surface area contributed by atoms with Crippen LogP contribution in [0.5, 0.6) is 0 Å². The number of aromatic carboxylic acids is 1. The molecule has 3 nitrogen and oxygen atoms in total. The predicted octanol–water partition coefficient (Wildman–Crippen LogP) is 2.69. The van der Waals surface area contributed by atoms with Crippen LogP contribution in [-0.2, 0) is 12.3 Å². The summed E-state index contributed by atoms with van der Waals surface area (Å²) < 4.78 is 0. The number of carboxylic acids is 1. The van der Waals surface area contributed by atoms with Crippen molar-refractivity contribution in [2.75, 3.05) is 5.73 Å². The molecule has 5 heteroatoms. The van der Waals surface area contributed by atoms with Gasteiger partial charge in [-0.15, -0.1) is 24.0 Å². The molecule has 0 heterocycles. The molecule has 0 bridgehead atoms. The second-order valence-electron chi connectivity index (χ2n) is 2.96. The van der Waals surface area contributed by atoms with Crippen LogP contribution in [0.3, 0.4) is 0 Å². The zero-order valence-electron chi connectivity index (χ0n) is 8.29. The number of carboxylic acid groups (broad SMARTS) is 1. The van der Waals surface area contributed by atoms with Crippen molar-refractivity contribution in [3.8, 4) is 0 Å². The molecule has 0 fully saturated rings. The van der Waals surface area contributed by atoms with Crippen LogP contribution < -0.4 is 5.73 Å². The van der Waals surface area contributed by atoms with Crippen LogP contribution >= 0.6 is 24.0 Å². The van der Waals surface area contributed by atoms with Crippen molar-refractivity contribution >= 4 is 35.7 Å². The van der Waals surface area contributed by atoms with E-state index < -0.39 is 5.97 Å². The highest BCUT2D eigenvalue weighted by atomic mass is 35.5. The molecule has 0 saturated heterocycles. The minimum atomic E-state index is -1.02. The Morgan fingerprint density at radius 1 is 1.53 bits per heavy atom. The second kappa shape index (κ2) is 5.83. The molecular formula is C10H13Cl2NO2. The topological polar surface area (TPSA) is 63.3 Å². The van der Waals surface area contributed by atoms with Gasteiger partial charge in [0.25, 0.3) is 0 Å². The third-order valence-electron chi connectivity index (χ3n) is 2.20. The van der Waals surface area contributed by atoms with Crippen molar-refractivity contribution in [2.45, 2.75) is 19.2 Å². The number of hydrogen-bond donors (Lipinski definition) is 2. The number of anilines is 1. The number of benzene rings is 1. The third kappa shape index (κ3) is 2.76. The van der Waals surface area contributed by atoms with Crippen LogP contribution in [0.2, 0.25) is 0 Å². The van der Waals surface area contributed by atoms with Gasteiger partial charge >= 0.3 is 5.97 Å². The first-order valence-corrected chi connectivity index (χ1v) is 4.84. The van der Waals surface area contributed by atoms with E-state index in [0.717, 1.165) is 17.5 Å². The van der Waals surface area contributed by atoms with E-state index >= 15 is 0 Å². The van der Waals surface area contributed by atoms with Gasteiger partial charge in [-0.05, 0) is 23.6 Å². The van der Waals surface area contributed by atoms with Crippen LogP contribution in [0.1, 0.15) is 28.4 Å². The molecule has 84 valence electrons. The van der Waals surface area contributed by atoms with Gasteiger partial charge in [-0.3, -0.25) is 0 Å². The van der Waals surface area contributed by atoms with E-state index in [9.17, 15) is 4.79 Å². The number of alkyl halides is 1. The van der Waals surface area contributed by atoms with Gasteiger partial charge in [0.1, 0.15) is 0 Å². The van der Waals surface area contributed by atoms with Crippen LogP contribution in [0.25, 0.3) is 0 Å². The minimum Gasteiger partial charge on any atom is -0.478 e. The molecule has 0 aromatic heterocycles. The molecule has 15 heavy (non-hydrogen) atoms. The van der Waals surface area contributed by atoms with Crippen molar-refractivity contribution in [3.63, 3.8) is 0 Å². The molecule has 0 saturated carbocycles. The molecule has 0 aliphatic heterocycles. The largest absolute Gasteiger partial charge is 0.478 e. The van der Waals surface area contributed by atoms with Crippen molar-refractivity contribution in [1.82, 2.24) is 0 Å². The highest BCUT2D eigenvalue weighted by Crippen LogP contribution is 2.24. The molecule has 0 aliphatic rings. The summed E-state index contributed by atoms with van der Waals surface area (Å²) in [5, 5.41) is 8.83. The first-order chi connectivity index (χ1) is 6.61. The fourth-order valence-corrected chi connectivity index (χ4v) is 1.70. The molecule has 1 aromatic rings. The highest BCUT2D eigenvalue weighted by molar-refractivity contribution is 6.17. The first kappa shape index (κ1) is 14.1. The maximum Gasteiger partial charge on any atom is 0.337 e. The summed E-state index contributed by atoms with van der Waals surface area (Å²) in [5.74, 6) is -0.771. The maximum atomic E-state index is 10.8. The number of aryl methyl sites for hydroxylation is 1. The number of nitrogen functional groups attached to an aromatic ring is 1. The average molecular weight is 250 g/mol. The van der Waals surface area contributed by atoms with Gasteiger partial charge in [0.2, 0.25) is 0 Å². The Kier molecular flexibility index (Phi) is 5.47. The molecule has 0 radical (unpaired) electrons. The van der Waals surface area contributed by atoms with Crippen molar-refractivity contribution < 1.29 is 9.90 Å². The third-order valence-corrected chi connectivity index (χ3v) is 2.47. The zero-order chi connectivity index (χ0) is 10.7. The van der Waals surface area contributed by atoms with E-state index in [1.54, 1.807) is 6.07 Å². The number of nitrogens with two attached hydrogens (primary N) is 1. The average Bonchev–Trinajstić information content (AvgIpc) is 2.16. The lowest BCUT2D eigenvalue weighted by Crippen LogP contribution is -2.07. The van der Waals surface area contributed by atoms with Gasteiger partial charge in [0.15, 0.2) is 0 Å². The fraction of sp³-hybridized carbons (Fsp3) is 0.300. The molecule has 0 atom stereocenters. The van der Waals surface area contributed by atoms with Crippen LogP contribution in [0.4, 0.5) is 5.69 Å². The van der Waals surface area contributed by atoms with Crippen molar-refractivity contribution in [1.29, 1.82) is 0 Å². The Morgan fingerprint density at radius 2 is 2.13 bits per heavy atom. The monoisotopic (exact) mass is 249 g/mol. The van der Waals surface area contributed by atoms with Crippen LogP contribution in [-0.4, -0.2) is 11.1 Å². The number of halogens is 2. The van der Waals surface area contributed by atoms with E-state index in [4.69, 9.17) is 22.4 Å². The Bertz CT molecular complexity index is 367. The molecule has 1 aromatic carbocycles. The Balaban J connectivity index is 0.00000196. The molecule has 0 aliphatic carbocycles. The number of rotatable bonds is 3. The SMILES string of the molecule is CCc1ccc(C(=O)O)c(N)c1CCl.Cl. The summed E-state index contributed by atoms with van der Waals surface area (Å²) in [6.45, 7) is 1.98. The standard InChI is InChI=1S/C10H12ClNO2.ClH/c1-2-6-3-4-7(10(13)14)9(12)8(6)5-11;/h3-4H,2,5,12H2,1H3,(H,13,14);1H. The Hall–Kier alpha value is -0.930. The quantitative estimate of drug-likeness (QED) is 0.640. The lowest BCUT2D eigenvalue weighted by molar-refractivity contribution is 0.0698.